The van der Waals surface area contributed by atoms with E-state index in [9.17, 15) is 0 Å². The summed E-state index contributed by atoms with van der Waals surface area (Å²) in [6.45, 7) is 4.40. The summed E-state index contributed by atoms with van der Waals surface area (Å²) in [5, 5.41) is 0.766. The number of hydrogen-bond acceptors (Lipinski definition) is 1. The van der Waals surface area contributed by atoms with Crippen LogP contribution in [-0.4, -0.2) is 13.1 Å². The van der Waals surface area contributed by atoms with Crippen LogP contribution < -0.4 is 4.90 Å². The van der Waals surface area contributed by atoms with Crippen LogP contribution in [0.2, 0.25) is 5.02 Å². The van der Waals surface area contributed by atoms with Crippen molar-refractivity contribution in [2.24, 2.45) is 0 Å². The van der Waals surface area contributed by atoms with Crippen LogP contribution >= 0.6 is 43.5 Å². The van der Waals surface area contributed by atoms with Gasteiger partial charge in [-0.3, -0.25) is 0 Å². The predicted octanol–water partition coefficient (Wildman–Crippen LogP) is 4.77. The molecule has 2 rings (SSSR count). The molecule has 0 N–H and O–H groups in total. The maximum absolute atomic E-state index is 6.21. The van der Waals surface area contributed by atoms with Crippen molar-refractivity contribution in [3.63, 3.8) is 0 Å². The van der Waals surface area contributed by atoms with E-state index in [1.807, 2.05) is 0 Å². The molecule has 0 aromatic heterocycles. The van der Waals surface area contributed by atoms with Gasteiger partial charge in [-0.15, -0.1) is 0 Å². The van der Waals surface area contributed by atoms with Crippen LogP contribution in [0.4, 0.5) is 5.69 Å². The van der Waals surface area contributed by atoms with Crippen molar-refractivity contribution < 1.29 is 0 Å². The second kappa shape index (κ2) is 4.64. The first-order valence-corrected chi connectivity index (χ1v) is 6.96. The standard InChI is InChI=1S/C11H12Br2ClN/c1-7-6-8(12)10(14)9(13)11(7)15-4-2-3-5-15/h6H,2-5H2,1H3. The minimum absolute atomic E-state index is 0.766. The zero-order chi connectivity index (χ0) is 11.0. The van der Waals surface area contributed by atoms with Gasteiger partial charge >= 0.3 is 0 Å². The fourth-order valence-corrected chi connectivity index (χ4v) is 3.76. The Morgan fingerprint density at radius 1 is 1.27 bits per heavy atom. The molecular formula is C11H12Br2ClN. The van der Waals surface area contributed by atoms with Crippen LogP contribution in [0.5, 0.6) is 0 Å². The highest BCUT2D eigenvalue weighted by Gasteiger charge is 2.19. The van der Waals surface area contributed by atoms with E-state index in [0.717, 1.165) is 27.1 Å². The molecule has 1 nitrogen and oxygen atoms in total. The number of nitrogens with zero attached hydrogens (tertiary/aromatic N) is 1. The van der Waals surface area contributed by atoms with Gasteiger partial charge in [-0.1, -0.05) is 11.6 Å². The average molecular weight is 353 g/mol. The first-order valence-electron chi connectivity index (χ1n) is 5.00. The predicted molar refractivity (Wildman–Crippen MR) is 73.0 cm³/mol. The van der Waals surface area contributed by atoms with E-state index in [0.29, 0.717) is 0 Å². The third-order valence-electron chi connectivity index (χ3n) is 2.75. The molecule has 1 aromatic carbocycles. The second-order valence-electron chi connectivity index (χ2n) is 3.85. The summed E-state index contributed by atoms with van der Waals surface area (Å²) < 4.78 is 1.97. The zero-order valence-corrected chi connectivity index (χ0v) is 12.4. The molecule has 0 bridgehead atoms. The Balaban J connectivity index is 2.50. The summed E-state index contributed by atoms with van der Waals surface area (Å²) >= 11 is 13.3. The number of rotatable bonds is 1. The van der Waals surface area contributed by atoms with Crippen LogP contribution in [-0.2, 0) is 0 Å². The number of anilines is 1. The molecule has 1 aromatic rings. The Labute approximate surface area is 112 Å². The lowest BCUT2D eigenvalue weighted by molar-refractivity contribution is 0.949. The molecule has 82 valence electrons. The van der Waals surface area contributed by atoms with E-state index in [-0.39, 0.29) is 0 Å². The summed E-state index contributed by atoms with van der Waals surface area (Å²) in [4.78, 5) is 2.40. The molecule has 1 saturated heterocycles. The molecular weight excluding hydrogens is 341 g/mol. The molecule has 0 atom stereocenters. The summed E-state index contributed by atoms with van der Waals surface area (Å²) in [6.07, 6.45) is 2.55. The Morgan fingerprint density at radius 2 is 1.87 bits per heavy atom. The lowest BCUT2D eigenvalue weighted by atomic mass is 10.2. The highest BCUT2D eigenvalue weighted by molar-refractivity contribution is 9.11. The van der Waals surface area contributed by atoms with Crippen LogP contribution in [0.25, 0.3) is 0 Å². The topological polar surface area (TPSA) is 3.24 Å². The van der Waals surface area contributed by atoms with Crippen LogP contribution in [0.3, 0.4) is 0 Å². The molecule has 1 fully saturated rings. The van der Waals surface area contributed by atoms with Crippen molar-refractivity contribution in [3.05, 3.63) is 25.6 Å². The SMILES string of the molecule is Cc1cc(Br)c(Cl)c(Br)c1N1CCCC1. The van der Waals surface area contributed by atoms with Gasteiger partial charge in [0.25, 0.3) is 0 Å². The van der Waals surface area contributed by atoms with Crippen molar-refractivity contribution in [2.75, 3.05) is 18.0 Å². The monoisotopic (exact) mass is 351 g/mol. The molecule has 1 heterocycles. The van der Waals surface area contributed by atoms with Gasteiger partial charge in [-0.2, -0.15) is 0 Å². The first-order chi connectivity index (χ1) is 7.11. The van der Waals surface area contributed by atoms with Gasteiger partial charge in [0.15, 0.2) is 0 Å². The smallest absolute Gasteiger partial charge is 0.0711 e. The summed E-state index contributed by atoms with van der Waals surface area (Å²) in [6, 6.07) is 2.08. The third-order valence-corrected chi connectivity index (χ3v) is 5.00. The van der Waals surface area contributed by atoms with E-state index in [1.54, 1.807) is 0 Å². The third kappa shape index (κ3) is 2.20. The molecule has 0 aliphatic carbocycles. The number of halogens is 3. The first kappa shape index (κ1) is 11.7. The Morgan fingerprint density at radius 3 is 2.47 bits per heavy atom. The van der Waals surface area contributed by atoms with Gasteiger partial charge in [0.1, 0.15) is 0 Å². The fourth-order valence-electron chi connectivity index (χ4n) is 2.03. The molecule has 0 radical (unpaired) electrons. The number of hydrogen-bond donors (Lipinski definition) is 0. The zero-order valence-electron chi connectivity index (χ0n) is 8.49. The lowest BCUT2D eigenvalue weighted by Crippen LogP contribution is -2.19. The van der Waals surface area contributed by atoms with E-state index < -0.39 is 0 Å². The maximum Gasteiger partial charge on any atom is 0.0711 e. The van der Waals surface area contributed by atoms with Crippen molar-refractivity contribution in [3.8, 4) is 0 Å². The quantitative estimate of drug-likeness (QED) is 0.657. The van der Waals surface area contributed by atoms with E-state index in [1.165, 1.54) is 24.1 Å². The van der Waals surface area contributed by atoms with Crippen molar-refractivity contribution >= 4 is 49.1 Å². The Bertz CT molecular complexity index is 387. The molecule has 1 aliphatic heterocycles. The highest BCUT2D eigenvalue weighted by Crippen LogP contribution is 2.41. The fraction of sp³-hybridized carbons (Fsp3) is 0.455. The van der Waals surface area contributed by atoms with Crippen LogP contribution in [0.15, 0.2) is 15.0 Å². The largest absolute Gasteiger partial charge is 0.370 e. The molecule has 0 amide bonds. The summed E-state index contributed by atoms with van der Waals surface area (Å²) in [7, 11) is 0. The average Bonchev–Trinajstić information content (AvgIpc) is 2.68. The number of aryl methyl sites for hydroxylation is 1. The molecule has 0 unspecified atom stereocenters. The molecule has 1 aliphatic rings. The van der Waals surface area contributed by atoms with Gasteiger partial charge in [0.2, 0.25) is 0 Å². The summed E-state index contributed by atoms with van der Waals surface area (Å²) in [5.74, 6) is 0. The van der Waals surface area contributed by atoms with Gasteiger partial charge in [-0.25, -0.2) is 0 Å². The van der Waals surface area contributed by atoms with Gasteiger partial charge in [0.05, 0.1) is 15.2 Å². The normalized spacial score (nSPS) is 16.1. The summed E-state index contributed by atoms with van der Waals surface area (Å²) in [5.41, 5.74) is 2.51. The van der Waals surface area contributed by atoms with E-state index in [2.05, 4.69) is 49.7 Å². The minimum atomic E-state index is 0.766. The maximum atomic E-state index is 6.21. The Hall–Kier alpha value is 0.270. The number of benzene rings is 1. The van der Waals surface area contributed by atoms with Crippen molar-refractivity contribution in [1.29, 1.82) is 0 Å². The molecule has 0 saturated carbocycles. The van der Waals surface area contributed by atoms with E-state index >= 15 is 0 Å². The highest BCUT2D eigenvalue weighted by atomic mass is 79.9. The second-order valence-corrected chi connectivity index (χ2v) is 5.87. The molecule has 0 spiro atoms. The van der Waals surface area contributed by atoms with Crippen molar-refractivity contribution in [1.82, 2.24) is 0 Å². The van der Waals surface area contributed by atoms with Gasteiger partial charge < -0.3 is 4.90 Å². The van der Waals surface area contributed by atoms with E-state index in [4.69, 9.17) is 11.6 Å². The van der Waals surface area contributed by atoms with Gasteiger partial charge in [-0.05, 0) is 63.3 Å². The van der Waals surface area contributed by atoms with Crippen LogP contribution in [0, 0.1) is 6.92 Å². The lowest BCUT2D eigenvalue weighted by Gasteiger charge is -2.23. The van der Waals surface area contributed by atoms with Crippen molar-refractivity contribution in [2.45, 2.75) is 19.8 Å². The minimum Gasteiger partial charge on any atom is -0.370 e. The van der Waals surface area contributed by atoms with Gasteiger partial charge in [0, 0.05) is 17.6 Å². The molecule has 4 heteroatoms. The molecule has 15 heavy (non-hydrogen) atoms. The van der Waals surface area contributed by atoms with Crippen LogP contribution in [0.1, 0.15) is 18.4 Å². The Kier molecular flexibility index (Phi) is 3.63.